The first-order valence-electron chi connectivity index (χ1n) is 7.20. The summed E-state index contributed by atoms with van der Waals surface area (Å²) in [6.07, 6.45) is 4.63. The summed E-state index contributed by atoms with van der Waals surface area (Å²) in [4.78, 5) is 4.52. The van der Waals surface area contributed by atoms with Gasteiger partial charge in [-0.3, -0.25) is 4.68 Å². The average molecular weight is 290 g/mol. The van der Waals surface area contributed by atoms with Gasteiger partial charge >= 0.3 is 0 Å². The number of hydrogen-bond donors (Lipinski definition) is 1. The van der Waals surface area contributed by atoms with Crippen LogP contribution in [0.2, 0.25) is 0 Å². The minimum Gasteiger partial charge on any atom is -0.311 e. The van der Waals surface area contributed by atoms with Crippen LogP contribution in [-0.4, -0.2) is 31.8 Å². The number of aryl methyl sites for hydroxylation is 2. The molecule has 0 spiro atoms. The third-order valence-corrected chi connectivity index (χ3v) is 5.59. The highest BCUT2D eigenvalue weighted by molar-refractivity contribution is 8.00. The molecule has 2 aromatic rings. The zero-order valence-electron chi connectivity index (χ0n) is 12.4. The fraction of sp³-hybridized carbons (Fsp3) is 0.600. The second-order valence-corrected chi connectivity index (χ2v) is 7.61. The summed E-state index contributed by atoms with van der Waals surface area (Å²) in [6.45, 7) is 6.36. The Hall–Kier alpha value is -1.07. The van der Waals surface area contributed by atoms with Gasteiger partial charge in [-0.05, 0) is 44.1 Å². The normalized spacial score (nSPS) is 22.8. The van der Waals surface area contributed by atoms with E-state index < -0.39 is 0 Å². The Balaban J connectivity index is 1.67. The van der Waals surface area contributed by atoms with Crippen molar-refractivity contribution in [3.05, 3.63) is 23.5 Å². The smallest absolute Gasteiger partial charge is 0.157 e. The maximum absolute atomic E-state index is 4.52. The van der Waals surface area contributed by atoms with Crippen LogP contribution in [0.15, 0.2) is 12.3 Å². The predicted octanol–water partition coefficient (Wildman–Crippen LogP) is 2.65. The highest BCUT2D eigenvalue weighted by Gasteiger charge is 2.28. The molecule has 3 rings (SSSR count). The number of nitrogens with one attached hydrogen (secondary N) is 1. The van der Waals surface area contributed by atoms with Gasteiger partial charge in [-0.2, -0.15) is 16.9 Å². The summed E-state index contributed by atoms with van der Waals surface area (Å²) in [5.41, 5.74) is 3.25. The zero-order chi connectivity index (χ0) is 14.2. The van der Waals surface area contributed by atoms with E-state index >= 15 is 0 Å². The number of pyridine rings is 1. The lowest BCUT2D eigenvalue weighted by molar-refractivity contribution is 0.537. The molecule has 0 radical (unpaired) electrons. The van der Waals surface area contributed by atoms with Crippen LogP contribution in [0.1, 0.15) is 31.0 Å². The fourth-order valence-corrected chi connectivity index (χ4v) is 4.17. The lowest BCUT2D eigenvalue weighted by Crippen LogP contribution is -2.32. The molecule has 4 nitrogen and oxygen atoms in total. The standard InChI is InChI=1S/C15H22N4S/c1-11-13-7-12(9-17-14(13)19(3)18-11)8-16-10-15(2)5-4-6-20-15/h7,9,16H,4-6,8,10H2,1-3H3. The second-order valence-electron chi connectivity index (χ2n) is 5.93. The first kappa shape index (κ1) is 13.9. The van der Waals surface area contributed by atoms with Gasteiger partial charge in [-0.15, -0.1) is 0 Å². The zero-order valence-corrected chi connectivity index (χ0v) is 13.3. The summed E-state index contributed by atoms with van der Waals surface area (Å²) in [6, 6.07) is 2.21. The molecular weight excluding hydrogens is 268 g/mol. The molecule has 0 aliphatic carbocycles. The van der Waals surface area contributed by atoms with Gasteiger partial charge in [0, 0.05) is 36.5 Å². The Morgan fingerprint density at radius 1 is 1.50 bits per heavy atom. The first-order chi connectivity index (χ1) is 9.57. The van der Waals surface area contributed by atoms with E-state index in [-0.39, 0.29) is 0 Å². The number of hydrogen-bond acceptors (Lipinski definition) is 4. The van der Waals surface area contributed by atoms with Crippen molar-refractivity contribution >= 4 is 22.8 Å². The lowest BCUT2D eigenvalue weighted by Gasteiger charge is -2.22. The Labute approximate surface area is 124 Å². The van der Waals surface area contributed by atoms with Crippen LogP contribution in [0.5, 0.6) is 0 Å². The van der Waals surface area contributed by atoms with Gasteiger partial charge in [0.2, 0.25) is 0 Å². The maximum atomic E-state index is 4.52. The summed E-state index contributed by atoms with van der Waals surface area (Å²) in [5, 5.41) is 9.16. The molecule has 5 heteroatoms. The van der Waals surface area contributed by atoms with Crippen molar-refractivity contribution < 1.29 is 0 Å². The molecule has 108 valence electrons. The molecule has 1 fully saturated rings. The Bertz CT molecular complexity index is 614. The second kappa shape index (κ2) is 5.37. The van der Waals surface area contributed by atoms with Crippen molar-refractivity contribution in [3.8, 4) is 0 Å². The quantitative estimate of drug-likeness (QED) is 0.940. The van der Waals surface area contributed by atoms with Crippen LogP contribution in [0.4, 0.5) is 0 Å². The van der Waals surface area contributed by atoms with E-state index in [0.717, 1.165) is 29.8 Å². The van der Waals surface area contributed by atoms with Crippen LogP contribution in [-0.2, 0) is 13.6 Å². The lowest BCUT2D eigenvalue weighted by atomic mass is 10.1. The largest absolute Gasteiger partial charge is 0.311 e. The maximum Gasteiger partial charge on any atom is 0.157 e. The van der Waals surface area contributed by atoms with Crippen molar-refractivity contribution in [3.63, 3.8) is 0 Å². The van der Waals surface area contributed by atoms with Crippen LogP contribution in [0.25, 0.3) is 11.0 Å². The molecule has 0 amide bonds. The van der Waals surface area contributed by atoms with Gasteiger partial charge in [0.25, 0.3) is 0 Å². The van der Waals surface area contributed by atoms with Gasteiger partial charge in [0.15, 0.2) is 5.65 Å². The highest BCUT2D eigenvalue weighted by Crippen LogP contribution is 2.36. The minimum atomic E-state index is 0.418. The minimum absolute atomic E-state index is 0.418. The Morgan fingerprint density at radius 3 is 3.10 bits per heavy atom. The van der Waals surface area contributed by atoms with Crippen molar-refractivity contribution in [1.82, 2.24) is 20.1 Å². The van der Waals surface area contributed by atoms with Crippen LogP contribution in [0, 0.1) is 6.92 Å². The molecule has 0 aromatic carbocycles. The molecule has 20 heavy (non-hydrogen) atoms. The van der Waals surface area contributed by atoms with Gasteiger partial charge in [-0.1, -0.05) is 0 Å². The molecule has 0 saturated carbocycles. The molecule has 1 N–H and O–H groups in total. The van der Waals surface area contributed by atoms with E-state index in [4.69, 9.17) is 0 Å². The Morgan fingerprint density at radius 2 is 2.35 bits per heavy atom. The van der Waals surface area contributed by atoms with E-state index in [2.05, 4.69) is 40.2 Å². The molecule has 1 unspecified atom stereocenters. The van der Waals surface area contributed by atoms with Crippen LogP contribution >= 0.6 is 11.8 Å². The van der Waals surface area contributed by atoms with E-state index in [0.29, 0.717) is 4.75 Å². The third-order valence-electron chi connectivity index (χ3n) is 4.05. The molecule has 1 saturated heterocycles. The number of nitrogens with zero attached hydrogens (tertiary/aromatic N) is 3. The van der Waals surface area contributed by atoms with Crippen LogP contribution in [0.3, 0.4) is 0 Å². The molecule has 2 aromatic heterocycles. The van der Waals surface area contributed by atoms with Gasteiger partial charge in [-0.25, -0.2) is 4.98 Å². The van der Waals surface area contributed by atoms with Crippen LogP contribution < -0.4 is 5.32 Å². The summed E-state index contributed by atoms with van der Waals surface area (Å²) >= 11 is 2.10. The first-order valence-corrected chi connectivity index (χ1v) is 8.19. The summed E-state index contributed by atoms with van der Waals surface area (Å²) < 4.78 is 2.26. The SMILES string of the molecule is Cc1nn(C)c2ncc(CNCC3(C)CCCS3)cc12. The van der Waals surface area contributed by atoms with Gasteiger partial charge < -0.3 is 5.32 Å². The summed E-state index contributed by atoms with van der Waals surface area (Å²) in [7, 11) is 1.94. The third kappa shape index (κ3) is 2.69. The molecular formula is C15H22N4S. The van der Waals surface area contributed by atoms with E-state index in [1.54, 1.807) is 0 Å². The van der Waals surface area contributed by atoms with Crippen molar-refractivity contribution in [2.24, 2.45) is 7.05 Å². The highest BCUT2D eigenvalue weighted by atomic mass is 32.2. The van der Waals surface area contributed by atoms with Crippen molar-refractivity contribution in [2.45, 2.75) is 38.0 Å². The Kier molecular flexibility index (Phi) is 3.73. The van der Waals surface area contributed by atoms with Gasteiger partial charge in [0.05, 0.1) is 5.69 Å². The number of aromatic nitrogens is 3. The molecule has 0 bridgehead atoms. The summed E-state index contributed by atoms with van der Waals surface area (Å²) in [5.74, 6) is 1.31. The van der Waals surface area contributed by atoms with E-state index in [9.17, 15) is 0 Å². The van der Waals surface area contributed by atoms with Crippen molar-refractivity contribution in [1.29, 1.82) is 0 Å². The monoisotopic (exact) mass is 290 g/mol. The molecule has 1 aliphatic rings. The molecule has 3 heterocycles. The van der Waals surface area contributed by atoms with E-state index in [1.165, 1.54) is 24.2 Å². The number of thioether (sulfide) groups is 1. The van der Waals surface area contributed by atoms with Gasteiger partial charge in [0.1, 0.15) is 0 Å². The number of rotatable bonds is 4. The predicted molar refractivity (Wildman–Crippen MR) is 85.0 cm³/mol. The van der Waals surface area contributed by atoms with Crippen molar-refractivity contribution in [2.75, 3.05) is 12.3 Å². The van der Waals surface area contributed by atoms with E-state index in [1.807, 2.05) is 24.9 Å². The topological polar surface area (TPSA) is 42.7 Å². The molecule has 1 atom stereocenters. The molecule has 1 aliphatic heterocycles. The number of fused-ring (bicyclic) bond motifs is 1. The average Bonchev–Trinajstić information content (AvgIpc) is 2.96. The fourth-order valence-electron chi connectivity index (χ4n) is 2.90.